The Labute approximate surface area is 186 Å². The van der Waals surface area contributed by atoms with Crippen LogP contribution in [0, 0.1) is 0 Å². The zero-order valence-electron chi connectivity index (χ0n) is 18.2. The van der Waals surface area contributed by atoms with Crippen molar-refractivity contribution < 1.29 is 14.2 Å². The number of hydrogen-bond donors (Lipinski definition) is 0. The van der Waals surface area contributed by atoms with Gasteiger partial charge in [-0.05, 0) is 41.4 Å². The van der Waals surface area contributed by atoms with Crippen molar-refractivity contribution in [3.8, 4) is 5.75 Å². The highest BCUT2D eigenvalue weighted by atomic mass is 16.6. The maximum Gasteiger partial charge on any atom is 0.254 e. The molecule has 0 aliphatic carbocycles. The Balaban J connectivity index is 1.36. The van der Waals surface area contributed by atoms with Crippen LogP contribution in [-0.4, -0.2) is 77.5 Å². The van der Waals surface area contributed by atoms with E-state index in [1.807, 2.05) is 23.1 Å². The number of piperazine rings is 1. The van der Waals surface area contributed by atoms with Crippen LogP contribution in [0.15, 0.2) is 28.9 Å². The summed E-state index contributed by atoms with van der Waals surface area (Å²) >= 11 is 0. The monoisotopic (exact) mass is 437 g/mol. The van der Waals surface area contributed by atoms with Gasteiger partial charge >= 0.3 is 0 Å². The summed E-state index contributed by atoms with van der Waals surface area (Å²) in [6.07, 6.45) is 4.74. The van der Waals surface area contributed by atoms with E-state index in [-0.39, 0.29) is 5.91 Å². The predicted molar refractivity (Wildman–Crippen MR) is 119 cm³/mol. The molecule has 1 aromatic carbocycles. The largest absolute Gasteiger partial charge is 0.497 e. The van der Waals surface area contributed by atoms with Crippen LogP contribution in [0.3, 0.4) is 0 Å². The minimum absolute atomic E-state index is 0.0125. The summed E-state index contributed by atoms with van der Waals surface area (Å²) in [5.74, 6) is 2.33. The summed E-state index contributed by atoms with van der Waals surface area (Å²) in [6, 6.07) is 7.29. The second-order valence-corrected chi connectivity index (χ2v) is 8.19. The lowest BCUT2D eigenvalue weighted by Gasteiger charge is -2.37. The van der Waals surface area contributed by atoms with E-state index in [4.69, 9.17) is 19.3 Å². The predicted octanol–water partition coefficient (Wildman–Crippen LogP) is 2.36. The van der Waals surface area contributed by atoms with Crippen LogP contribution in [0.25, 0.3) is 11.3 Å². The third-order valence-corrected chi connectivity index (χ3v) is 6.17. The molecule has 2 fully saturated rings. The molecule has 10 heteroatoms. The number of rotatable bonds is 4. The number of amides is 1. The summed E-state index contributed by atoms with van der Waals surface area (Å²) in [4.78, 5) is 28.9. The van der Waals surface area contributed by atoms with Crippen molar-refractivity contribution in [2.75, 3.05) is 56.2 Å². The lowest BCUT2D eigenvalue weighted by molar-refractivity contribution is 0.0746. The molecule has 2 aliphatic heterocycles. The van der Waals surface area contributed by atoms with Gasteiger partial charge in [0.25, 0.3) is 5.91 Å². The van der Waals surface area contributed by atoms with E-state index in [9.17, 15) is 4.79 Å². The molecule has 32 heavy (non-hydrogen) atoms. The molecule has 5 rings (SSSR count). The topological polar surface area (TPSA) is 101 Å². The number of hydrogen-bond acceptors (Lipinski definition) is 9. The molecule has 3 aromatic rings. The van der Waals surface area contributed by atoms with Crippen molar-refractivity contribution in [3.05, 3.63) is 29.8 Å². The Morgan fingerprint density at radius 3 is 2.12 bits per heavy atom. The van der Waals surface area contributed by atoms with Crippen LogP contribution in [0.4, 0.5) is 11.6 Å². The third kappa shape index (κ3) is 4.04. The molecule has 2 aliphatic rings. The minimum atomic E-state index is 0.0125. The quantitative estimate of drug-likeness (QED) is 0.609. The van der Waals surface area contributed by atoms with Gasteiger partial charge in [0.1, 0.15) is 5.75 Å². The maximum absolute atomic E-state index is 13.0. The van der Waals surface area contributed by atoms with Gasteiger partial charge in [0.05, 0.1) is 7.11 Å². The molecule has 10 nitrogen and oxygen atoms in total. The Morgan fingerprint density at radius 2 is 1.50 bits per heavy atom. The van der Waals surface area contributed by atoms with Crippen molar-refractivity contribution in [3.63, 3.8) is 0 Å². The molecule has 0 spiro atoms. The molecule has 0 bridgehead atoms. The second kappa shape index (κ2) is 8.97. The van der Waals surface area contributed by atoms with E-state index in [1.165, 1.54) is 12.8 Å². The average Bonchev–Trinajstić information content (AvgIpc) is 3.14. The molecular weight excluding hydrogens is 410 g/mol. The van der Waals surface area contributed by atoms with Gasteiger partial charge in [0.2, 0.25) is 11.3 Å². The average molecular weight is 438 g/mol. The summed E-state index contributed by atoms with van der Waals surface area (Å²) < 4.78 is 10.1. The lowest BCUT2D eigenvalue weighted by atomic mass is 10.1. The molecule has 0 radical (unpaired) electrons. The van der Waals surface area contributed by atoms with Crippen molar-refractivity contribution in [2.24, 2.45) is 0 Å². The van der Waals surface area contributed by atoms with Crippen LogP contribution >= 0.6 is 0 Å². The van der Waals surface area contributed by atoms with Gasteiger partial charge in [-0.15, -0.1) is 0 Å². The highest BCUT2D eigenvalue weighted by Gasteiger charge is 2.28. The Bertz CT molecular complexity index is 1090. The Morgan fingerprint density at radius 1 is 0.875 bits per heavy atom. The van der Waals surface area contributed by atoms with Crippen LogP contribution in [0.5, 0.6) is 5.75 Å². The van der Waals surface area contributed by atoms with Crippen molar-refractivity contribution in [1.82, 2.24) is 25.2 Å². The number of nitrogens with zero attached hydrogens (tertiary/aromatic N) is 7. The highest BCUT2D eigenvalue weighted by Crippen LogP contribution is 2.30. The fourth-order valence-corrected chi connectivity index (χ4v) is 4.39. The Hall–Kier alpha value is -3.43. The van der Waals surface area contributed by atoms with Gasteiger partial charge in [-0.3, -0.25) is 4.79 Å². The zero-order chi connectivity index (χ0) is 21.9. The Kier molecular flexibility index (Phi) is 5.74. The van der Waals surface area contributed by atoms with Crippen molar-refractivity contribution >= 4 is 28.8 Å². The molecule has 168 valence electrons. The summed E-state index contributed by atoms with van der Waals surface area (Å²) in [6.45, 7) is 4.45. The van der Waals surface area contributed by atoms with E-state index < -0.39 is 0 Å². The molecule has 2 saturated heterocycles. The number of ether oxygens (including phenoxy) is 1. The van der Waals surface area contributed by atoms with E-state index in [1.54, 1.807) is 13.2 Å². The van der Waals surface area contributed by atoms with Gasteiger partial charge in [0.15, 0.2) is 11.6 Å². The smallest absolute Gasteiger partial charge is 0.254 e. The third-order valence-electron chi connectivity index (χ3n) is 6.17. The van der Waals surface area contributed by atoms with Gasteiger partial charge in [0, 0.05) is 44.8 Å². The molecule has 2 aromatic heterocycles. The standard InChI is InChI=1S/C22H27N7O3/c1-31-17-8-6-7-16(15-17)22(30)29-13-11-28(12-14-29)21-20(27-9-4-2-3-5-10-27)23-18-19(24-21)26-32-25-18/h6-8,15H,2-5,9-14H2,1H3. The fourth-order valence-electron chi connectivity index (χ4n) is 4.39. The first-order chi connectivity index (χ1) is 15.7. The molecule has 1 amide bonds. The SMILES string of the molecule is COc1cccc(C(=O)N2CCN(c3nc4nonc4nc3N3CCCCCC3)CC2)c1. The van der Waals surface area contributed by atoms with Gasteiger partial charge in [-0.2, -0.15) is 0 Å². The fraction of sp³-hybridized carbons (Fsp3) is 0.500. The van der Waals surface area contributed by atoms with E-state index >= 15 is 0 Å². The highest BCUT2D eigenvalue weighted by molar-refractivity contribution is 5.94. The minimum Gasteiger partial charge on any atom is -0.497 e. The van der Waals surface area contributed by atoms with E-state index in [2.05, 4.69) is 20.1 Å². The van der Waals surface area contributed by atoms with Gasteiger partial charge < -0.3 is 19.4 Å². The first kappa shape index (κ1) is 20.5. The number of carbonyl (C=O) groups is 1. The molecule has 4 heterocycles. The number of benzene rings is 1. The number of methoxy groups -OCH3 is 1. The first-order valence-corrected chi connectivity index (χ1v) is 11.2. The van der Waals surface area contributed by atoms with Crippen LogP contribution in [0.2, 0.25) is 0 Å². The number of fused-ring (bicyclic) bond motifs is 1. The first-order valence-electron chi connectivity index (χ1n) is 11.2. The molecule has 0 N–H and O–H groups in total. The molecule has 0 unspecified atom stereocenters. The second-order valence-electron chi connectivity index (χ2n) is 8.19. The summed E-state index contributed by atoms with van der Waals surface area (Å²) in [7, 11) is 1.60. The number of aromatic nitrogens is 4. The normalized spacial score (nSPS) is 17.5. The maximum atomic E-state index is 13.0. The van der Waals surface area contributed by atoms with E-state index in [0.717, 1.165) is 37.6 Å². The summed E-state index contributed by atoms with van der Waals surface area (Å²) in [5.41, 5.74) is 1.48. The number of anilines is 2. The zero-order valence-corrected chi connectivity index (χ0v) is 18.2. The molecular formula is C22H27N7O3. The molecule has 0 saturated carbocycles. The van der Waals surface area contributed by atoms with Crippen LogP contribution in [-0.2, 0) is 0 Å². The van der Waals surface area contributed by atoms with Crippen LogP contribution < -0.4 is 14.5 Å². The van der Waals surface area contributed by atoms with Crippen LogP contribution in [0.1, 0.15) is 36.0 Å². The van der Waals surface area contributed by atoms with E-state index in [0.29, 0.717) is 48.8 Å². The summed E-state index contributed by atoms with van der Waals surface area (Å²) in [5, 5.41) is 7.80. The van der Waals surface area contributed by atoms with Gasteiger partial charge in [-0.1, -0.05) is 18.9 Å². The number of carbonyl (C=O) groups excluding carboxylic acids is 1. The lowest BCUT2D eigenvalue weighted by Crippen LogP contribution is -2.49. The van der Waals surface area contributed by atoms with Crippen molar-refractivity contribution in [2.45, 2.75) is 25.7 Å². The van der Waals surface area contributed by atoms with Gasteiger partial charge in [-0.25, -0.2) is 14.6 Å². The van der Waals surface area contributed by atoms with Crippen molar-refractivity contribution in [1.29, 1.82) is 0 Å². The molecule has 0 atom stereocenters.